The zero-order valence-corrected chi connectivity index (χ0v) is 16.3. The molecule has 1 N–H and O–H groups in total. The summed E-state index contributed by atoms with van der Waals surface area (Å²) in [5.41, 5.74) is 6.87. The van der Waals surface area contributed by atoms with Gasteiger partial charge >= 0.3 is 0 Å². The van der Waals surface area contributed by atoms with Crippen molar-refractivity contribution in [2.45, 2.75) is 53.0 Å². The predicted molar refractivity (Wildman–Crippen MR) is 109 cm³/mol. The van der Waals surface area contributed by atoms with Gasteiger partial charge in [0, 0.05) is 18.1 Å². The molecule has 2 nitrogen and oxygen atoms in total. The summed E-state index contributed by atoms with van der Waals surface area (Å²) in [6, 6.07) is 4.37. The Bertz CT molecular complexity index is 731. The highest BCUT2D eigenvalue weighted by atomic mass is 16.3. The van der Waals surface area contributed by atoms with Gasteiger partial charge in [-0.1, -0.05) is 57.2 Å². The van der Waals surface area contributed by atoms with Gasteiger partial charge in [0.1, 0.15) is 0 Å². The highest BCUT2D eigenvalue weighted by Crippen LogP contribution is 2.38. The van der Waals surface area contributed by atoms with Crippen LogP contribution in [0.15, 0.2) is 54.1 Å². The van der Waals surface area contributed by atoms with Crippen LogP contribution in [0.4, 0.5) is 0 Å². The lowest BCUT2D eigenvalue weighted by Gasteiger charge is -2.32. The molecule has 1 aliphatic heterocycles. The van der Waals surface area contributed by atoms with E-state index in [1.165, 1.54) is 16.7 Å². The summed E-state index contributed by atoms with van der Waals surface area (Å²) in [6.45, 7) is 19.2. The highest BCUT2D eigenvalue weighted by Gasteiger charge is 2.31. The average molecular weight is 338 g/mol. The lowest BCUT2D eigenvalue weighted by atomic mass is 9.77. The molecule has 134 valence electrons. The minimum absolute atomic E-state index is 0.0316. The third-order valence-corrected chi connectivity index (χ3v) is 4.62. The number of aryl methyl sites for hydroxylation is 2. The Balaban J connectivity index is 2.60. The van der Waals surface area contributed by atoms with E-state index in [0.29, 0.717) is 6.42 Å². The molecule has 2 heteroatoms. The fourth-order valence-electron chi connectivity index (χ4n) is 3.50. The van der Waals surface area contributed by atoms with Crippen LogP contribution in [0.1, 0.15) is 55.4 Å². The molecule has 0 aliphatic carbocycles. The van der Waals surface area contributed by atoms with Crippen molar-refractivity contribution in [2.75, 3.05) is 6.61 Å². The van der Waals surface area contributed by atoms with E-state index in [4.69, 9.17) is 4.99 Å². The van der Waals surface area contributed by atoms with Gasteiger partial charge in [0.25, 0.3) is 0 Å². The minimum Gasteiger partial charge on any atom is -0.396 e. The number of aliphatic hydroxyl groups excluding tert-OH is 1. The molecule has 1 aromatic rings. The van der Waals surface area contributed by atoms with Gasteiger partial charge in [0.2, 0.25) is 0 Å². The fraction of sp³-hybridized carbons (Fsp3) is 0.435. The number of benzene rings is 1. The van der Waals surface area contributed by atoms with Gasteiger partial charge in [0.05, 0.1) is 11.8 Å². The Morgan fingerprint density at radius 1 is 1.28 bits per heavy atom. The smallest absolute Gasteiger partial charge is 0.0754 e. The zero-order valence-electron chi connectivity index (χ0n) is 16.3. The van der Waals surface area contributed by atoms with Gasteiger partial charge in [0.15, 0.2) is 0 Å². The van der Waals surface area contributed by atoms with Crippen molar-refractivity contribution >= 4 is 5.71 Å². The van der Waals surface area contributed by atoms with E-state index in [1.54, 1.807) is 0 Å². The molecule has 2 rings (SSSR count). The summed E-state index contributed by atoms with van der Waals surface area (Å²) in [4.78, 5) is 4.96. The van der Waals surface area contributed by atoms with E-state index < -0.39 is 0 Å². The molecule has 2 unspecified atom stereocenters. The molecule has 25 heavy (non-hydrogen) atoms. The van der Waals surface area contributed by atoms with Crippen molar-refractivity contribution < 1.29 is 5.11 Å². The Morgan fingerprint density at radius 3 is 2.52 bits per heavy atom. The van der Waals surface area contributed by atoms with E-state index in [2.05, 4.69) is 72.1 Å². The van der Waals surface area contributed by atoms with Crippen LogP contribution in [0.3, 0.4) is 0 Å². The van der Waals surface area contributed by atoms with Crippen LogP contribution in [-0.2, 0) is 0 Å². The fourth-order valence-corrected chi connectivity index (χ4v) is 3.50. The zero-order chi connectivity index (χ0) is 18.8. The van der Waals surface area contributed by atoms with E-state index in [-0.39, 0.29) is 24.0 Å². The maximum Gasteiger partial charge on any atom is 0.0754 e. The third kappa shape index (κ3) is 4.38. The number of nitrogens with zero attached hydrogens (tertiary/aromatic N) is 1. The number of allylic oxidation sites excluding steroid dienone is 3. The number of hydrogen-bond donors (Lipinski definition) is 1. The molecule has 0 saturated heterocycles. The number of aliphatic imine (C=N–C) groups is 1. The van der Waals surface area contributed by atoms with Gasteiger partial charge in [-0.3, -0.25) is 4.99 Å². The molecular formula is C23H31NO. The maximum absolute atomic E-state index is 9.54. The third-order valence-electron chi connectivity index (χ3n) is 4.62. The first-order valence-corrected chi connectivity index (χ1v) is 8.99. The molecule has 0 radical (unpaired) electrons. The van der Waals surface area contributed by atoms with Crippen LogP contribution >= 0.6 is 0 Å². The summed E-state index contributed by atoms with van der Waals surface area (Å²) in [7, 11) is 0. The number of fused-ring (bicyclic) bond motifs is 1. The first kappa shape index (κ1) is 19.4. The predicted octanol–water partition coefficient (Wildman–Crippen LogP) is 5.29. The second-order valence-electron chi connectivity index (χ2n) is 8.09. The molecule has 0 amide bonds. The molecule has 0 spiro atoms. The molecule has 1 aliphatic rings. The number of aliphatic hydroxyl groups is 1. The summed E-state index contributed by atoms with van der Waals surface area (Å²) in [6.07, 6.45) is 6.83. The summed E-state index contributed by atoms with van der Waals surface area (Å²) >= 11 is 0. The van der Waals surface area contributed by atoms with Crippen molar-refractivity contribution in [1.82, 2.24) is 0 Å². The molecule has 0 saturated carbocycles. The van der Waals surface area contributed by atoms with Gasteiger partial charge < -0.3 is 5.11 Å². The standard InChI is InChI=1S/C23H31NO/c1-8-20-18(10-12-25)21-17(4)13-15(2)14-19(21)22(24-20)16(3)9-11-23(5,6)7/h8-9,11,13-14,18,20,25H,1,3,10,12H2,2,4-7H3/b11-9-. The molecule has 2 atom stereocenters. The molecular weight excluding hydrogens is 306 g/mol. The van der Waals surface area contributed by atoms with Gasteiger partial charge in [-0.2, -0.15) is 0 Å². The molecule has 1 heterocycles. The van der Waals surface area contributed by atoms with Crippen LogP contribution in [0.5, 0.6) is 0 Å². The van der Waals surface area contributed by atoms with E-state index in [1.807, 2.05) is 6.08 Å². The lowest BCUT2D eigenvalue weighted by Crippen LogP contribution is -2.27. The van der Waals surface area contributed by atoms with Crippen LogP contribution < -0.4 is 0 Å². The quantitative estimate of drug-likeness (QED) is 0.575. The molecule has 0 fully saturated rings. The molecule has 1 aromatic carbocycles. The van der Waals surface area contributed by atoms with Crippen molar-refractivity contribution in [3.8, 4) is 0 Å². The second kappa shape index (κ2) is 7.53. The van der Waals surface area contributed by atoms with Crippen molar-refractivity contribution in [1.29, 1.82) is 0 Å². The van der Waals surface area contributed by atoms with Crippen molar-refractivity contribution in [3.05, 3.63) is 71.3 Å². The first-order chi connectivity index (χ1) is 11.7. The number of hydrogen-bond acceptors (Lipinski definition) is 2. The monoisotopic (exact) mass is 337 g/mol. The van der Waals surface area contributed by atoms with E-state index in [0.717, 1.165) is 16.8 Å². The largest absolute Gasteiger partial charge is 0.396 e. The van der Waals surface area contributed by atoms with Gasteiger partial charge in [-0.05, 0) is 48.4 Å². The summed E-state index contributed by atoms with van der Waals surface area (Å²) < 4.78 is 0. The van der Waals surface area contributed by atoms with Crippen LogP contribution in [0.25, 0.3) is 0 Å². The van der Waals surface area contributed by atoms with Crippen molar-refractivity contribution in [2.24, 2.45) is 10.4 Å². The molecule has 0 bridgehead atoms. The lowest BCUT2D eigenvalue weighted by molar-refractivity contribution is 0.271. The number of rotatable bonds is 5. The summed E-state index contributed by atoms with van der Waals surface area (Å²) in [5, 5.41) is 9.54. The van der Waals surface area contributed by atoms with E-state index >= 15 is 0 Å². The minimum atomic E-state index is -0.0316. The normalized spacial score (nSPS) is 20.3. The van der Waals surface area contributed by atoms with Gasteiger partial charge in [-0.15, -0.1) is 6.58 Å². The molecule has 0 aromatic heterocycles. The van der Waals surface area contributed by atoms with Gasteiger partial charge in [-0.25, -0.2) is 0 Å². The van der Waals surface area contributed by atoms with Crippen LogP contribution in [0, 0.1) is 19.3 Å². The Hall–Kier alpha value is -1.93. The SMILES string of the molecule is C=CC1N=C(C(=C)/C=C\C(C)(C)C)c2cc(C)cc(C)c2C1CCO. The van der Waals surface area contributed by atoms with Crippen LogP contribution in [0.2, 0.25) is 0 Å². The Kier molecular flexibility index (Phi) is 5.84. The van der Waals surface area contributed by atoms with Crippen LogP contribution in [-0.4, -0.2) is 23.5 Å². The topological polar surface area (TPSA) is 32.6 Å². The Labute approximate surface area is 152 Å². The Morgan fingerprint density at radius 2 is 1.96 bits per heavy atom. The highest BCUT2D eigenvalue weighted by molar-refractivity contribution is 6.16. The maximum atomic E-state index is 9.54. The summed E-state index contributed by atoms with van der Waals surface area (Å²) in [5.74, 6) is 0.168. The van der Waals surface area contributed by atoms with E-state index in [9.17, 15) is 5.11 Å². The average Bonchev–Trinajstić information content (AvgIpc) is 2.51. The van der Waals surface area contributed by atoms with Crippen molar-refractivity contribution in [3.63, 3.8) is 0 Å². The first-order valence-electron chi connectivity index (χ1n) is 8.99. The second-order valence-corrected chi connectivity index (χ2v) is 8.09.